The van der Waals surface area contributed by atoms with Crippen LogP contribution in [0.4, 0.5) is 5.69 Å². The van der Waals surface area contributed by atoms with E-state index in [-0.39, 0.29) is 11.3 Å². The van der Waals surface area contributed by atoms with Crippen LogP contribution >= 0.6 is 11.8 Å². The number of hydrogen-bond acceptors (Lipinski definition) is 4. The van der Waals surface area contributed by atoms with E-state index >= 15 is 0 Å². The van der Waals surface area contributed by atoms with Crippen molar-refractivity contribution in [1.82, 2.24) is 0 Å². The number of carbonyl (C=O) groups is 1. The van der Waals surface area contributed by atoms with E-state index in [4.69, 9.17) is 5.11 Å². The summed E-state index contributed by atoms with van der Waals surface area (Å²) >= 11 is 1.40. The van der Waals surface area contributed by atoms with E-state index in [2.05, 4.69) is 0 Å². The fourth-order valence-electron chi connectivity index (χ4n) is 1.18. The van der Waals surface area contributed by atoms with Crippen molar-refractivity contribution >= 4 is 23.4 Å². The Labute approximate surface area is 103 Å². The van der Waals surface area contributed by atoms with E-state index in [0.29, 0.717) is 10.8 Å². The van der Waals surface area contributed by atoms with Crippen LogP contribution in [-0.4, -0.2) is 21.8 Å². The maximum atomic E-state index is 11.0. The van der Waals surface area contributed by atoms with Crippen LogP contribution in [0.25, 0.3) is 0 Å². The second-order valence-electron chi connectivity index (χ2n) is 3.95. The van der Waals surface area contributed by atoms with Crippen LogP contribution < -0.4 is 0 Å². The first-order valence-electron chi connectivity index (χ1n) is 5.06. The van der Waals surface area contributed by atoms with Gasteiger partial charge in [-0.3, -0.25) is 10.1 Å². The van der Waals surface area contributed by atoms with Crippen LogP contribution in [0.15, 0.2) is 23.1 Å². The fraction of sp³-hybridized carbons (Fsp3) is 0.364. The van der Waals surface area contributed by atoms with Crippen LogP contribution in [0.2, 0.25) is 0 Å². The Balaban J connectivity index is 3.04. The first-order chi connectivity index (χ1) is 7.91. The Morgan fingerprint density at radius 2 is 2.18 bits per heavy atom. The van der Waals surface area contributed by atoms with E-state index < -0.39 is 10.9 Å². The highest BCUT2D eigenvalue weighted by atomic mass is 32.2. The highest BCUT2D eigenvalue weighted by Crippen LogP contribution is 2.28. The van der Waals surface area contributed by atoms with Gasteiger partial charge < -0.3 is 5.11 Å². The number of thioether (sulfide) groups is 1. The molecule has 0 bridgehead atoms. The molecule has 1 aromatic rings. The number of benzene rings is 1. The number of nitrogens with zero attached hydrogens (tertiary/aromatic N) is 1. The average molecular weight is 255 g/mol. The summed E-state index contributed by atoms with van der Waals surface area (Å²) in [5.74, 6) is 0.0646. The van der Waals surface area contributed by atoms with Gasteiger partial charge in [0.05, 0.1) is 10.5 Å². The molecule has 1 rings (SSSR count). The lowest BCUT2D eigenvalue weighted by atomic mass is 10.2. The molecule has 0 saturated heterocycles. The third-order valence-corrected chi connectivity index (χ3v) is 3.48. The molecule has 0 heterocycles. The Hall–Kier alpha value is -1.56. The molecule has 0 aliphatic heterocycles. The maximum absolute atomic E-state index is 11.0. The first kappa shape index (κ1) is 13.5. The molecule has 5 nitrogen and oxygen atoms in total. The summed E-state index contributed by atoms with van der Waals surface area (Å²) in [7, 11) is 0. The number of nitro groups is 1. The molecule has 1 aromatic carbocycles. The molecule has 0 amide bonds. The summed E-state index contributed by atoms with van der Waals surface area (Å²) in [6.45, 7) is 4.05. The number of nitro benzene ring substituents is 1. The molecular formula is C11H13NO4S. The SMILES string of the molecule is CC(C)CSc1ccc([N+](=O)[O-])cc1C(=O)O. The molecule has 0 aromatic heterocycles. The summed E-state index contributed by atoms with van der Waals surface area (Å²) in [5, 5.41) is 19.6. The Morgan fingerprint density at radius 3 is 2.65 bits per heavy atom. The number of rotatable bonds is 5. The number of hydrogen-bond donors (Lipinski definition) is 1. The summed E-state index contributed by atoms with van der Waals surface area (Å²) in [6, 6.07) is 3.93. The Bertz CT molecular complexity index is 445. The smallest absolute Gasteiger partial charge is 0.337 e. The van der Waals surface area contributed by atoms with E-state index in [1.54, 1.807) is 0 Å². The standard InChI is InChI=1S/C11H13NO4S/c1-7(2)6-17-10-4-3-8(12(15)16)5-9(10)11(13)14/h3-5,7H,6H2,1-2H3,(H,13,14). The third kappa shape index (κ3) is 3.74. The van der Waals surface area contributed by atoms with Crippen LogP contribution in [0.1, 0.15) is 24.2 Å². The van der Waals surface area contributed by atoms with E-state index in [1.165, 1.54) is 23.9 Å². The number of carboxylic acids is 1. The number of non-ortho nitro benzene ring substituents is 1. The third-order valence-electron chi connectivity index (χ3n) is 1.98. The molecule has 17 heavy (non-hydrogen) atoms. The largest absolute Gasteiger partial charge is 0.478 e. The highest BCUT2D eigenvalue weighted by Gasteiger charge is 2.16. The van der Waals surface area contributed by atoms with Gasteiger partial charge in [-0.05, 0) is 12.0 Å². The van der Waals surface area contributed by atoms with Crippen molar-refractivity contribution in [3.05, 3.63) is 33.9 Å². The summed E-state index contributed by atoms with van der Waals surface area (Å²) in [5.41, 5.74) is -0.207. The van der Waals surface area contributed by atoms with Crippen molar-refractivity contribution < 1.29 is 14.8 Å². The van der Waals surface area contributed by atoms with Crippen LogP contribution in [-0.2, 0) is 0 Å². The van der Waals surface area contributed by atoms with Gasteiger partial charge in [-0.1, -0.05) is 13.8 Å². The van der Waals surface area contributed by atoms with Gasteiger partial charge in [-0.15, -0.1) is 11.8 Å². The van der Waals surface area contributed by atoms with Gasteiger partial charge >= 0.3 is 5.97 Å². The van der Waals surface area contributed by atoms with E-state index in [0.717, 1.165) is 11.8 Å². The fourth-order valence-corrected chi connectivity index (χ4v) is 2.16. The van der Waals surface area contributed by atoms with Crippen molar-refractivity contribution in [3.8, 4) is 0 Å². The minimum atomic E-state index is -1.14. The maximum Gasteiger partial charge on any atom is 0.337 e. The molecule has 0 aliphatic rings. The van der Waals surface area contributed by atoms with E-state index in [1.807, 2.05) is 13.8 Å². The quantitative estimate of drug-likeness (QED) is 0.497. The van der Waals surface area contributed by atoms with Gasteiger partial charge in [0.1, 0.15) is 0 Å². The van der Waals surface area contributed by atoms with Crippen molar-refractivity contribution in [3.63, 3.8) is 0 Å². The zero-order chi connectivity index (χ0) is 13.0. The monoisotopic (exact) mass is 255 g/mol. The lowest BCUT2D eigenvalue weighted by molar-refractivity contribution is -0.384. The number of aromatic carboxylic acids is 1. The number of carboxylic acid groups (broad SMARTS) is 1. The minimum absolute atomic E-state index is 0.00940. The summed E-state index contributed by atoms with van der Waals surface area (Å²) in [4.78, 5) is 21.5. The van der Waals surface area contributed by atoms with Gasteiger partial charge in [0, 0.05) is 22.8 Å². The molecule has 0 fully saturated rings. The predicted molar refractivity (Wildman–Crippen MR) is 65.6 cm³/mol. The molecule has 0 aliphatic carbocycles. The predicted octanol–water partition coefficient (Wildman–Crippen LogP) is 3.04. The minimum Gasteiger partial charge on any atom is -0.478 e. The Morgan fingerprint density at radius 1 is 1.53 bits per heavy atom. The molecule has 0 unspecified atom stereocenters. The second-order valence-corrected chi connectivity index (χ2v) is 5.01. The van der Waals surface area contributed by atoms with E-state index in [9.17, 15) is 14.9 Å². The molecule has 0 saturated carbocycles. The van der Waals surface area contributed by atoms with Crippen molar-refractivity contribution in [2.45, 2.75) is 18.7 Å². The van der Waals surface area contributed by atoms with Crippen molar-refractivity contribution in [2.75, 3.05) is 5.75 Å². The lowest BCUT2D eigenvalue weighted by Crippen LogP contribution is -2.02. The summed E-state index contributed by atoms with van der Waals surface area (Å²) in [6.07, 6.45) is 0. The van der Waals surface area contributed by atoms with Gasteiger partial charge in [-0.25, -0.2) is 4.79 Å². The molecular weight excluding hydrogens is 242 g/mol. The lowest BCUT2D eigenvalue weighted by Gasteiger charge is -2.07. The molecule has 6 heteroatoms. The topological polar surface area (TPSA) is 80.4 Å². The second kappa shape index (κ2) is 5.67. The van der Waals surface area contributed by atoms with Gasteiger partial charge in [-0.2, -0.15) is 0 Å². The van der Waals surface area contributed by atoms with Crippen molar-refractivity contribution in [1.29, 1.82) is 0 Å². The normalized spacial score (nSPS) is 10.5. The van der Waals surface area contributed by atoms with Gasteiger partial charge in [0.15, 0.2) is 0 Å². The molecule has 1 N–H and O–H groups in total. The van der Waals surface area contributed by atoms with Crippen LogP contribution in [0.3, 0.4) is 0 Å². The zero-order valence-corrected chi connectivity index (χ0v) is 10.4. The van der Waals surface area contributed by atoms with Crippen molar-refractivity contribution in [2.24, 2.45) is 5.92 Å². The first-order valence-corrected chi connectivity index (χ1v) is 6.05. The Kier molecular flexibility index (Phi) is 4.51. The van der Waals surface area contributed by atoms with Gasteiger partial charge in [0.2, 0.25) is 0 Å². The summed E-state index contributed by atoms with van der Waals surface area (Å²) < 4.78 is 0. The van der Waals surface area contributed by atoms with Gasteiger partial charge in [0.25, 0.3) is 5.69 Å². The zero-order valence-electron chi connectivity index (χ0n) is 9.54. The van der Waals surface area contributed by atoms with Crippen LogP contribution in [0, 0.1) is 16.0 Å². The molecule has 92 valence electrons. The highest BCUT2D eigenvalue weighted by molar-refractivity contribution is 7.99. The molecule has 0 spiro atoms. The van der Waals surface area contributed by atoms with Crippen LogP contribution in [0.5, 0.6) is 0 Å². The molecule has 0 radical (unpaired) electrons. The average Bonchev–Trinajstić information content (AvgIpc) is 2.25. The molecule has 0 atom stereocenters.